The minimum absolute atomic E-state index is 0.203. The van der Waals surface area contributed by atoms with Gasteiger partial charge in [-0.3, -0.25) is 0 Å². The molecule has 0 saturated carbocycles. The summed E-state index contributed by atoms with van der Waals surface area (Å²) in [6.45, 7) is 3.89. The van der Waals surface area contributed by atoms with Gasteiger partial charge in [0.2, 0.25) is 0 Å². The van der Waals surface area contributed by atoms with Crippen LogP contribution in [0.2, 0.25) is 0 Å². The molecule has 1 saturated heterocycles. The molecule has 1 fully saturated rings. The number of rotatable bonds is 2. The van der Waals surface area contributed by atoms with Gasteiger partial charge in [0.15, 0.2) is 0 Å². The first-order valence-electron chi connectivity index (χ1n) is 8.34. The van der Waals surface area contributed by atoms with Gasteiger partial charge in [-0.1, -0.05) is 22.0 Å². The molecule has 3 rings (SSSR count). The van der Waals surface area contributed by atoms with E-state index in [2.05, 4.69) is 26.2 Å². The van der Waals surface area contributed by atoms with Gasteiger partial charge in [0, 0.05) is 42.5 Å². The number of urea groups is 1. The predicted octanol–water partition coefficient (Wildman–Crippen LogP) is 4.53. The van der Waals surface area contributed by atoms with Crippen molar-refractivity contribution >= 4 is 33.5 Å². The number of carbonyl (C=O) groups excluding carboxylic acids is 1. The van der Waals surface area contributed by atoms with Gasteiger partial charge in [-0.05, 0) is 36.8 Å². The first-order chi connectivity index (χ1) is 12.7. The van der Waals surface area contributed by atoms with Crippen LogP contribution in [-0.4, -0.2) is 42.1 Å². The molecule has 144 valence electrons. The van der Waals surface area contributed by atoms with Gasteiger partial charge < -0.3 is 15.1 Å². The lowest BCUT2D eigenvalue weighted by molar-refractivity contribution is -0.137. The number of anilines is 2. The van der Waals surface area contributed by atoms with Crippen LogP contribution in [-0.2, 0) is 6.18 Å². The number of aromatic nitrogens is 1. The van der Waals surface area contributed by atoms with E-state index in [-0.39, 0.29) is 6.03 Å². The van der Waals surface area contributed by atoms with Crippen LogP contribution in [0.5, 0.6) is 0 Å². The van der Waals surface area contributed by atoms with Gasteiger partial charge in [0.25, 0.3) is 0 Å². The summed E-state index contributed by atoms with van der Waals surface area (Å²) in [7, 11) is 0. The minimum Gasteiger partial charge on any atom is -0.353 e. The summed E-state index contributed by atoms with van der Waals surface area (Å²) in [6.07, 6.45) is -3.56. The summed E-state index contributed by atoms with van der Waals surface area (Å²) in [5.74, 6) is 0.477. The molecule has 2 heterocycles. The zero-order valence-electron chi connectivity index (χ0n) is 14.6. The van der Waals surface area contributed by atoms with Crippen LogP contribution in [0.1, 0.15) is 11.1 Å². The Morgan fingerprint density at radius 2 is 1.85 bits per heavy atom. The zero-order chi connectivity index (χ0) is 19.6. The molecule has 0 radical (unpaired) electrons. The van der Waals surface area contributed by atoms with E-state index < -0.39 is 11.7 Å². The normalized spacial score (nSPS) is 15.0. The molecule has 0 spiro atoms. The average Bonchev–Trinajstić information content (AvgIpc) is 2.64. The van der Waals surface area contributed by atoms with Gasteiger partial charge in [-0.2, -0.15) is 13.2 Å². The third kappa shape index (κ3) is 4.71. The molecule has 1 aliphatic heterocycles. The topological polar surface area (TPSA) is 48.5 Å². The van der Waals surface area contributed by atoms with Crippen molar-refractivity contribution < 1.29 is 18.0 Å². The molecule has 1 N–H and O–H groups in total. The Hall–Kier alpha value is -2.29. The van der Waals surface area contributed by atoms with Gasteiger partial charge in [-0.25, -0.2) is 9.78 Å². The zero-order valence-corrected chi connectivity index (χ0v) is 16.1. The van der Waals surface area contributed by atoms with Crippen LogP contribution >= 0.6 is 15.9 Å². The van der Waals surface area contributed by atoms with E-state index >= 15 is 0 Å². The van der Waals surface area contributed by atoms with Crippen LogP contribution in [0.25, 0.3) is 0 Å². The molecule has 5 nitrogen and oxygen atoms in total. The maximum absolute atomic E-state index is 12.6. The molecule has 27 heavy (non-hydrogen) atoms. The summed E-state index contributed by atoms with van der Waals surface area (Å²) >= 11 is 3.43. The molecule has 2 amide bonds. The Kier molecular flexibility index (Phi) is 5.59. The second-order valence-electron chi connectivity index (χ2n) is 6.27. The fourth-order valence-electron chi connectivity index (χ4n) is 2.75. The van der Waals surface area contributed by atoms with Gasteiger partial charge >= 0.3 is 12.2 Å². The number of halogens is 4. The first-order valence-corrected chi connectivity index (χ1v) is 9.13. The molecule has 2 aromatic rings. The summed E-state index contributed by atoms with van der Waals surface area (Å²) in [6, 6.07) is 7.77. The quantitative estimate of drug-likeness (QED) is 0.743. The van der Waals surface area contributed by atoms with Crippen molar-refractivity contribution in [2.45, 2.75) is 13.1 Å². The number of benzene rings is 1. The minimum atomic E-state index is -4.40. The fraction of sp³-hybridized carbons (Fsp3) is 0.333. The third-order valence-electron chi connectivity index (χ3n) is 4.39. The van der Waals surface area contributed by atoms with E-state index in [4.69, 9.17) is 0 Å². The number of hydrogen-bond acceptors (Lipinski definition) is 3. The summed E-state index contributed by atoms with van der Waals surface area (Å²) in [5, 5.41) is 2.86. The highest BCUT2D eigenvalue weighted by Gasteiger charge is 2.31. The van der Waals surface area contributed by atoms with Crippen molar-refractivity contribution in [3.63, 3.8) is 0 Å². The number of alkyl halides is 3. The average molecular weight is 443 g/mol. The highest BCUT2D eigenvalue weighted by Crippen LogP contribution is 2.29. The molecule has 0 atom stereocenters. The van der Waals surface area contributed by atoms with E-state index in [9.17, 15) is 18.0 Å². The van der Waals surface area contributed by atoms with E-state index in [1.54, 1.807) is 4.90 Å². The smallest absolute Gasteiger partial charge is 0.353 e. The van der Waals surface area contributed by atoms with Crippen LogP contribution in [0.15, 0.2) is 41.0 Å². The van der Waals surface area contributed by atoms with Crippen molar-refractivity contribution in [2.24, 2.45) is 0 Å². The number of aryl methyl sites for hydroxylation is 1. The van der Waals surface area contributed by atoms with Crippen molar-refractivity contribution in [3.05, 3.63) is 52.1 Å². The highest BCUT2D eigenvalue weighted by molar-refractivity contribution is 9.10. The van der Waals surface area contributed by atoms with E-state index in [0.29, 0.717) is 37.7 Å². The van der Waals surface area contributed by atoms with Gasteiger partial charge in [-0.15, -0.1) is 0 Å². The number of carbonyl (C=O) groups is 1. The Balaban J connectivity index is 1.56. The van der Waals surface area contributed by atoms with Crippen molar-refractivity contribution in [1.29, 1.82) is 0 Å². The lowest BCUT2D eigenvalue weighted by Gasteiger charge is -2.35. The maximum atomic E-state index is 12.6. The van der Waals surface area contributed by atoms with Crippen LogP contribution in [0.3, 0.4) is 0 Å². The maximum Gasteiger partial charge on any atom is 0.417 e. The second kappa shape index (κ2) is 7.75. The Labute approximate surface area is 163 Å². The molecule has 0 bridgehead atoms. The molecule has 1 aromatic heterocycles. The van der Waals surface area contributed by atoms with Crippen LogP contribution in [0, 0.1) is 6.92 Å². The van der Waals surface area contributed by atoms with Crippen molar-refractivity contribution in [2.75, 3.05) is 36.4 Å². The monoisotopic (exact) mass is 442 g/mol. The Morgan fingerprint density at radius 3 is 2.41 bits per heavy atom. The molecule has 0 aliphatic carbocycles. The fourth-order valence-corrected chi connectivity index (χ4v) is 3.13. The number of nitrogens with zero attached hydrogens (tertiary/aromatic N) is 3. The first kappa shape index (κ1) is 19.5. The van der Waals surface area contributed by atoms with Gasteiger partial charge in [0.1, 0.15) is 5.82 Å². The molecule has 1 aliphatic rings. The van der Waals surface area contributed by atoms with E-state index in [1.165, 1.54) is 6.07 Å². The lowest BCUT2D eigenvalue weighted by atomic mass is 10.2. The second-order valence-corrected chi connectivity index (χ2v) is 7.13. The van der Waals surface area contributed by atoms with Crippen molar-refractivity contribution in [3.8, 4) is 0 Å². The Bertz CT molecular complexity index is 818. The predicted molar refractivity (Wildman–Crippen MR) is 101 cm³/mol. The Morgan fingerprint density at radius 1 is 1.15 bits per heavy atom. The van der Waals surface area contributed by atoms with Crippen LogP contribution in [0.4, 0.5) is 29.5 Å². The standard InChI is InChI=1S/C18H18BrF3N4O/c1-12-2-4-14(10-15(12)19)24-17(27)26-8-6-25(7-9-26)16-5-3-13(11-23-16)18(20,21)22/h2-5,10-11H,6-9H2,1H3,(H,24,27). The van der Waals surface area contributed by atoms with Crippen molar-refractivity contribution in [1.82, 2.24) is 9.88 Å². The molecule has 1 aromatic carbocycles. The molecular weight excluding hydrogens is 425 g/mol. The van der Waals surface area contributed by atoms with E-state index in [1.807, 2.05) is 30.0 Å². The SMILES string of the molecule is Cc1ccc(NC(=O)N2CCN(c3ccc(C(F)(F)F)cn3)CC2)cc1Br. The molecule has 9 heteroatoms. The van der Waals surface area contributed by atoms with E-state index in [0.717, 1.165) is 22.3 Å². The summed E-state index contributed by atoms with van der Waals surface area (Å²) in [5.41, 5.74) is 1.00. The third-order valence-corrected chi connectivity index (χ3v) is 5.24. The molecule has 0 unspecified atom stereocenters. The summed E-state index contributed by atoms with van der Waals surface area (Å²) in [4.78, 5) is 19.9. The number of nitrogens with one attached hydrogen (secondary N) is 1. The molecular formula is C18H18BrF3N4O. The number of piperazine rings is 1. The van der Waals surface area contributed by atoms with Gasteiger partial charge in [0.05, 0.1) is 5.56 Å². The highest BCUT2D eigenvalue weighted by atomic mass is 79.9. The number of amides is 2. The number of pyridine rings is 1. The lowest BCUT2D eigenvalue weighted by Crippen LogP contribution is -2.50. The summed E-state index contributed by atoms with van der Waals surface area (Å²) < 4.78 is 38.8. The van der Waals surface area contributed by atoms with Crippen LogP contribution < -0.4 is 10.2 Å². The number of hydrogen-bond donors (Lipinski definition) is 1. The largest absolute Gasteiger partial charge is 0.417 e.